The van der Waals surface area contributed by atoms with E-state index in [1.54, 1.807) is 11.8 Å². The van der Waals surface area contributed by atoms with Gasteiger partial charge in [-0.25, -0.2) is 12.7 Å². The Kier molecular flexibility index (Phi) is 8.58. The summed E-state index contributed by atoms with van der Waals surface area (Å²) in [7, 11) is -3.26. The van der Waals surface area contributed by atoms with Gasteiger partial charge in [-0.05, 0) is 26.2 Å². The van der Waals surface area contributed by atoms with Crippen molar-refractivity contribution in [2.24, 2.45) is 0 Å². The van der Waals surface area contributed by atoms with Gasteiger partial charge in [-0.1, -0.05) is 0 Å². The van der Waals surface area contributed by atoms with Gasteiger partial charge in [0.15, 0.2) is 0 Å². The van der Waals surface area contributed by atoms with E-state index >= 15 is 0 Å². The summed E-state index contributed by atoms with van der Waals surface area (Å²) in [5.74, 6) is -1.01. The highest BCUT2D eigenvalue weighted by atomic mass is 32.2. The SMILES string of the molecule is CCS(=O)(=O)N1CCC(N(CCCOCC(F)(F)F)CC(=O)O)CC1. The molecule has 1 saturated heterocycles. The lowest BCUT2D eigenvalue weighted by Gasteiger charge is -2.37. The van der Waals surface area contributed by atoms with Gasteiger partial charge in [0.25, 0.3) is 0 Å². The molecule has 1 rings (SSSR count). The minimum atomic E-state index is -4.38. The van der Waals surface area contributed by atoms with E-state index in [9.17, 15) is 26.4 Å². The Morgan fingerprint density at radius 1 is 1.32 bits per heavy atom. The summed E-state index contributed by atoms with van der Waals surface area (Å²) in [5.41, 5.74) is 0. The quantitative estimate of drug-likeness (QED) is 0.563. The maximum Gasteiger partial charge on any atom is 0.411 e. The maximum absolute atomic E-state index is 12.0. The second-order valence-electron chi connectivity index (χ2n) is 5.92. The van der Waals surface area contributed by atoms with Crippen molar-refractivity contribution in [1.82, 2.24) is 9.21 Å². The summed E-state index contributed by atoms with van der Waals surface area (Å²) in [6.45, 7) is 0.833. The molecule has 1 N–H and O–H groups in total. The number of alkyl halides is 3. The molecule has 0 radical (unpaired) electrons. The van der Waals surface area contributed by atoms with Crippen molar-refractivity contribution in [3.05, 3.63) is 0 Å². The van der Waals surface area contributed by atoms with E-state index in [0.717, 1.165) is 0 Å². The molecular formula is C14H25F3N2O5S. The fourth-order valence-corrected chi connectivity index (χ4v) is 3.92. The van der Waals surface area contributed by atoms with Gasteiger partial charge in [0.05, 0.1) is 12.3 Å². The zero-order valence-electron chi connectivity index (χ0n) is 14.2. The Morgan fingerprint density at radius 3 is 2.40 bits per heavy atom. The summed E-state index contributed by atoms with van der Waals surface area (Å²) in [6, 6.07) is -0.109. The highest BCUT2D eigenvalue weighted by Gasteiger charge is 2.30. The van der Waals surface area contributed by atoms with Gasteiger partial charge in [-0.15, -0.1) is 0 Å². The van der Waals surface area contributed by atoms with E-state index in [1.807, 2.05) is 0 Å². The van der Waals surface area contributed by atoms with E-state index in [2.05, 4.69) is 4.74 Å². The number of ether oxygens (including phenoxy) is 1. The molecule has 0 saturated carbocycles. The van der Waals surface area contributed by atoms with E-state index in [1.165, 1.54) is 4.31 Å². The second-order valence-corrected chi connectivity index (χ2v) is 8.17. The molecule has 0 aromatic carbocycles. The third-order valence-electron chi connectivity index (χ3n) is 4.04. The maximum atomic E-state index is 12.0. The van der Waals surface area contributed by atoms with Crippen molar-refractivity contribution in [2.45, 2.75) is 38.4 Å². The smallest absolute Gasteiger partial charge is 0.411 e. The molecule has 0 aliphatic carbocycles. The number of sulfonamides is 1. The number of hydrogen-bond donors (Lipinski definition) is 1. The number of carboxylic acid groups (broad SMARTS) is 1. The first-order valence-corrected chi connectivity index (χ1v) is 9.74. The van der Waals surface area contributed by atoms with Crippen LogP contribution in [0.2, 0.25) is 0 Å². The van der Waals surface area contributed by atoms with Gasteiger partial charge in [-0.3, -0.25) is 9.69 Å². The Bertz CT molecular complexity index is 519. The van der Waals surface area contributed by atoms with Crippen LogP contribution in [-0.4, -0.2) is 86.1 Å². The number of rotatable bonds is 10. The van der Waals surface area contributed by atoms with Crippen LogP contribution < -0.4 is 0 Å². The van der Waals surface area contributed by atoms with Crippen molar-refractivity contribution in [3.63, 3.8) is 0 Å². The molecule has 1 fully saturated rings. The summed E-state index contributed by atoms with van der Waals surface area (Å²) in [4.78, 5) is 12.7. The van der Waals surface area contributed by atoms with Crippen LogP contribution in [0.15, 0.2) is 0 Å². The number of nitrogens with zero attached hydrogens (tertiary/aromatic N) is 2. The van der Waals surface area contributed by atoms with Crippen LogP contribution in [0.3, 0.4) is 0 Å². The first kappa shape index (κ1) is 22.1. The predicted octanol–water partition coefficient (Wildman–Crippen LogP) is 1.16. The molecule has 148 valence electrons. The van der Waals surface area contributed by atoms with E-state index in [0.29, 0.717) is 25.9 Å². The molecule has 0 unspecified atom stereocenters. The Balaban J connectivity index is 2.47. The Labute approximate surface area is 145 Å². The first-order valence-electron chi connectivity index (χ1n) is 8.13. The fourth-order valence-electron chi connectivity index (χ4n) is 2.79. The fraction of sp³-hybridized carbons (Fsp3) is 0.929. The van der Waals surface area contributed by atoms with E-state index in [-0.39, 0.29) is 37.9 Å². The normalized spacial score (nSPS) is 18.0. The van der Waals surface area contributed by atoms with Crippen molar-refractivity contribution in [3.8, 4) is 0 Å². The van der Waals surface area contributed by atoms with Gasteiger partial charge in [0.2, 0.25) is 10.0 Å². The number of aliphatic carboxylic acids is 1. The molecular weight excluding hydrogens is 365 g/mol. The summed E-state index contributed by atoms with van der Waals surface area (Å²) in [5, 5.41) is 9.02. The van der Waals surface area contributed by atoms with Gasteiger partial charge >= 0.3 is 12.1 Å². The highest BCUT2D eigenvalue weighted by molar-refractivity contribution is 7.89. The van der Waals surface area contributed by atoms with E-state index in [4.69, 9.17) is 5.11 Å². The molecule has 7 nitrogen and oxygen atoms in total. The summed E-state index contributed by atoms with van der Waals surface area (Å²) in [6.07, 6.45) is -3.11. The van der Waals surface area contributed by atoms with Crippen LogP contribution in [0.4, 0.5) is 13.2 Å². The van der Waals surface area contributed by atoms with Gasteiger partial charge < -0.3 is 9.84 Å². The molecule has 1 heterocycles. The number of carbonyl (C=O) groups is 1. The predicted molar refractivity (Wildman–Crippen MR) is 84.8 cm³/mol. The van der Waals surface area contributed by atoms with Crippen LogP contribution >= 0.6 is 0 Å². The molecule has 11 heteroatoms. The third kappa shape index (κ3) is 8.34. The van der Waals surface area contributed by atoms with Crippen molar-refractivity contribution in [1.29, 1.82) is 0 Å². The molecule has 0 atom stereocenters. The lowest BCUT2D eigenvalue weighted by atomic mass is 10.0. The van der Waals surface area contributed by atoms with Gasteiger partial charge in [0, 0.05) is 32.3 Å². The zero-order valence-corrected chi connectivity index (χ0v) is 15.0. The zero-order chi connectivity index (χ0) is 19.1. The monoisotopic (exact) mass is 390 g/mol. The Hall–Kier alpha value is -0.910. The average Bonchev–Trinajstić information content (AvgIpc) is 2.52. The van der Waals surface area contributed by atoms with Crippen molar-refractivity contribution >= 4 is 16.0 Å². The van der Waals surface area contributed by atoms with Crippen LogP contribution in [0, 0.1) is 0 Å². The minimum Gasteiger partial charge on any atom is -0.480 e. The molecule has 0 spiro atoms. The highest BCUT2D eigenvalue weighted by Crippen LogP contribution is 2.20. The molecule has 0 bridgehead atoms. The number of halogens is 3. The number of hydrogen-bond acceptors (Lipinski definition) is 5. The lowest BCUT2D eigenvalue weighted by Crippen LogP contribution is -2.48. The van der Waals surface area contributed by atoms with Crippen molar-refractivity contribution in [2.75, 3.05) is 45.1 Å². The molecule has 1 aliphatic heterocycles. The van der Waals surface area contributed by atoms with Crippen LogP contribution in [0.5, 0.6) is 0 Å². The number of carboxylic acids is 1. The van der Waals surface area contributed by atoms with E-state index < -0.39 is 28.8 Å². The van der Waals surface area contributed by atoms with Crippen LogP contribution in [0.25, 0.3) is 0 Å². The lowest BCUT2D eigenvalue weighted by molar-refractivity contribution is -0.174. The standard InChI is InChI=1S/C14H25F3N2O5S/c1-2-25(22,23)19-7-4-12(5-8-19)18(10-13(20)21)6-3-9-24-11-14(15,16)17/h12H,2-11H2,1H3,(H,20,21). The number of piperidine rings is 1. The minimum absolute atomic E-state index is 0.0209. The molecule has 1 aliphatic rings. The topological polar surface area (TPSA) is 87.2 Å². The first-order chi connectivity index (χ1) is 11.5. The van der Waals surface area contributed by atoms with Crippen molar-refractivity contribution < 1.29 is 36.2 Å². The van der Waals surface area contributed by atoms with Gasteiger partial charge in [0.1, 0.15) is 6.61 Å². The third-order valence-corrected chi connectivity index (χ3v) is 5.92. The summed E-state index contributed by atoms with van der Waals surface area (Å²) >= 11 is 0. The average molecular weight is 390 g/mol. The summed E-state index contributed by atoms with van der Waals surface area (Å²) < 4.78 is 65.6. The second kappa shape index (κ2) is 9.70. The molecule has 0 amide bonds. The van der Waals surface area contributed by atoms with Crippen LogP contribution in [-0.2, 0) is 19.6 Å². The Morgan fingerprint density at radius 2 is 1.92 bits per heavy atom. The van der Waals surface area contributed by atoms with Gasteiger partial charge in [-0.2, -0.15) is 13.2 Å². The van der Waals surface area contributed by atoms with Crippen LogP contribution in [0.1, 0.15) is 26.2 Å². The molecule has 0 aromatic rings. The molecule has 25 heavy (non-hydrogen) atoms. The largest absolute Gasteiger partial charge is 0.480 e. The molecule has 0 aromatic heterocycles.